The van der Waals surface area contributed by atoms with E-state index in [0.717, 1.165) is 6.42 Å². The molecule has 2 aromatic carbocycles. The zero-order valence-corrected chi connectivity index (χ0v) is 20.4. The van der Waals surface area contributed by atoms with Crippen molar-refractivity contribution in [3.63, 3.8) is 0 Å². The third-order valence-corrected chi connectivity index (χ3v) is 8.04. The highest BCUT2D eigenvalue weighted by Gasteiger charge is 2.30. The van der Waals surface area contributed by atoms with Gasteiger partial charge < -0.3 is 0 Å². The Morgan fingerprint density at radius 1 is 0.806 bits per heavy atom. The summed E-state index contributed by atoms with van der Waals surface area (Å²) in [6, 6.07) is 16.2. The number of allylic oxidation sites excluding steroid dienone is 1. The van der Waals surface area contributed by atoms with Gasteiger partial charge in [0.15, 0.2) is 0 Å². The van der Waals surface area contributed by atoms with Gasteiger partial charge in [-0.1, -0.05) is 127 Å². The topological polar surface area (TPSA) is 0 Å². The molecule has 0 N–H and O–H groups in total. The predicted octanol–water partition coefficient (Wildman–Crippen LogP) is 9.51. The zero-order chi connectivity index (χ0) is 21.9. The van der Waals surface area contributed by atoms with Crippen molar-refractivity contribution in [2.24, 2.45) is 5.41 Å². The van der Waals surface area contributed by atoms with Crippen LogP contribution in [0.5, 0.6) is 0 Å². The molecule has 4 rings (SSSR count). The third-order valence-electron chi connectivity index (χ3n) is 8.04. The van der Waals surface area contributed by atoms with Crippen LogP contribution in [0, 0.1) is 5.41 Å². The van der Waals surface area contributed by atoms with E-state index in [1.807, 2.05) is 0 Å². The summed E-state index contributed by atoms with van der Waals surface area (Å²) in [6.45, 7) is 9.32. The van der Waals surface area contributed by atoms with E-state index in [-0.39, 0.29) is 5.41 Å². The SMILES string of the molecule is CCC1(CC2=Cc3c(cccc3-c3ccc(C(C)(C)C)cc3)C2)CCCCCCCC1. The molecule has 166 valence electrons. The first-order chi connectivity index (χ1) is 14.9. The number of benzene rings is 2. The van der Waals surface area contributed by atoms with E-state index < -0.39 is 0 Å². The van der Waals surface area contributed by atoms with Crippen LogP contribution in [0.15, 0.2) is 48.0 Å². The quantitative estimate of drug-likeness (QED) is 0.467. The standard InChI is InChI=1S/C31H42/c1-5-31(19-10-8-6-7-9-11-20-31)23-24-21-26-13-12-14-28(29(26)22-24)25-15-17-27(18-16-25)30(2,3)4/h12-18,22H,5-11,19-21,23H2,1-4H3. The molecule has 2 aliphatic rings. The summed E-state index contributed by atoms with van der Waals surface area (Å²) < 4.78 is 0. The van der Waals surface area contributed by atoms with Gasteiger partial charge in [0.25, 0.3) is 0 Å². The Hall–Kier alpha value is -1.82. The average Bonchev–Trinajstić information content (AvgIpc) is 3.20. The molecule has 0 radical (unpaired) electrons. The summed E-state index contributed by atoms with van der Waals surface area (Å²) >= 11 is 0. The van der Waals surface area contributed by atoms with Crippen molar-refractivity contribution in [1.82, 2.24) is 0 Å². The van der Waals surface area contributed by atoms with Gasteiger partial charge in [0, 0.05) is 0 Å². The van der Waals surface area contributed by atoms with Crippen LogP contribution in [0.2, 0.25) is 0 Å². The summed E-state index contributed by atoms with van der Waals surface area (Å²) in [5, 5.41) is 0. The molecular weight excluding hydrogens is 372 g/mol. The predicted molar refractivity (Wildman–Crippen MR) is 137 cm³/mol. The Morgan fingerprint density at radius 2 is 1.45 bits per heavy atom. The van der Waals surface area contributed by atoms with E-state index in [1.165, 1.54) is 92.0 Å². The lowest BCUT2D eigenvalue weighted by Gasteiger charge is -2.33. The van der Waals surface area contributed by atoms with Gasteiger partial charge >= 0.3 is 0 Å². The zero-order valence-electron chi connectivity index (χ0n) is 20.4. The minimum atomic E-state index is 0.204. The summed E-state index contributed by atoms with van der Waals surface area (Å²) in [7, 11) is 0. The molecule has 0 bridgehead atoms. The molecule has 0 aliphatic heterocycles. The lowest BCUT2D eigenvalue weighted by molar-refractivity contribution is 0.215. The maximum atomic E-state index is 2.56. The van der Waals surface area contributed by atoms with Gasteiger partial charge in [-0.25, -0.2) is 0 Å². The van der Waals surface area contributed by atoms with E-state index >= 15 is 0 Å². The van der Waals surface area contributed by atoms with E-state index in [0.29, 0.717) is 5.41 Å². The first-order valence-corrected chi connectivity index (χ1v) is 12.8. The Morgan fingerprint density at radius 3 is 2.06 bits per heavy atom. The van der Waals surface area contributed by atoms with Gasteiger partial charge in [-0.3, -0.25) is 0 Å². The molecule has 2 aliphatic carbocycles. The van der Waals surface area contributed by atoms with E-state index in [9.17, 15) is 0 Å². The van der Waals surface area contributed by atoms with Crippen LogP contribution in [0.1, 0.15) is 109 Å². The monoisotopic (exact) mass is 414 g/mol. The van der Waals surface area contributed by atoms with Crippen molar-refractivity contribution >= 4 is 6.08 Å². The molecule has 2 aromatic rings. The maximum absolute atomic E-state index is 2.56. The number of hydrogen-bond acceptors (Lipinski definition) is 0. The van der Waals surface area contributed by atoms with Crippen LogP contribution in [0.4, 0.5) is 0 Å². The van der Waals surface area contributed by atoms with Gasteiger partial charge in [-0.15, -0.1) is 0 Å². The highest BCUT2D eigenvalue weighted by atomic mass is 14.4. The number of rotatable bonds is 4. The molecule has 0 heterocycles. The molecule has 0 spiro atoms. The lowest BCUT2D eigenvalue weighted by Crippen LogP contribution is -2.21. The fraction of sp³-hybridized carbons (Fsp3) is 0.548. The minimum Gasteiger partial charge on any atom is -0.0648 e. The van der Waals surface area contributed by atoms with Crippen LogP contribution in [-0.4, -0.2) is 0 Å². The molecule has 0 unspecified atom stereocenters. The highest BCUT2D eigenvalue weighted by Crippen LogP contribution is 2.45. The first kappa shape index (κ1) is 22.4. The second-order valence-corrected chi connectivity index (χ2v) is 11.3. The normalized spacial score (nSPS) is 19.2. The molecule has 0 aromatic heterocycles. The smallest absolute Gasteiger partial charge is 0.00574 e. The van der Waals surface area contributed by atoms with Crippen LogP contribution in [0.25, 0.3) is 17.2 Å². The van der Waals surface area contributed by atoms with Crippen LogP contribution >= 0.6 is 0 Å². The second kappa shape index (κ2) is 9.35. The van der Waals surface area contributed by atoms with Crippen molar-refractivity contribution < 1.29 is 0 Å². The van der Waals surface area contributed by atoms with Crippen LogP contribution in [-0.2, 0) is 11.8 Å². The molecule has 31 heavy (non-hydrogen) atoms. The van der Waals surface area contributed by atoms with Crippen molar-refractivity contribution in [3.8, 4) is 11.1 Å². The molecule has 0 atom stereocenters. The van der Waals surface area contributed by atoms with Gasteiger partial charge in [0.2, 0.25) is 0 Å². The van der Waals surface area contributed by atoms with Gasteiger partial charge in [0.05, 0.1) is 0 Å². The van der Waals surface area contributed by atoms with Crippen LogP contribution < -0.4 is 0 Å². The molecule has 0 heteroatoms. The van der Waals surface area contributed by atoms with Crippen LogP contribution in [0.3, 0.4) is 0 Å². The van der Waals surface area contributed by atoms with Crippen molar-refractivity contribution in [1.29, 1.82) is 0 Å². The Kier molecular flexibility index (Phi) is 6.75. The molecule has 1 fully saturated rings. The van der Waals surface area contributed by atoms with Crippen molar-refractivity contribution in [2.75, 3.05) is 0 Å². The Balaban J connectivity index is 1.58. The van der Waals surface area contributed by atoms with E-state index in [1.54, 1.807) is 5.57 Å². The fourth-order valence-electron chi connectivity index (χ4n) is 5.92. The molecule has 0 amide bonds. The summed E-state index contributed by atoms with van der Waals surface area (Å²) in [4.78, 5) is 0. The van der Waals surface area contributed by atoms with E-state index in [4.69, 9.17) is 0 Å². The molecular formula is C31H42. The summed E-state index contributed by atoms with van der Waals surface area (Å²) in [5.74, 6) is 0. The largest absolute Gasteiger partial charge is 0.0648 e. The number of hydrogen-bond donors (Lipinski definition) is 0. The lowest BCUT2D eigenvalue weighted by atomic mass is 9.72. The molecule has 0 saturated heterocycles. The number of fused-ring (bicyclic) bond motifs is 1. The van der Waals surface area contributed by atoms with Crippen molar-refractivity contribution in [3.05, 3.63) is 64.7 Å². The fourth-order valence-corrected chi connectivity index (χ4v) is 5.92. The first-order valence-electron chi connectivity index (χ1n) is 12.8. The molecule has 0 nitrogen and oxygen atoms in total. The summed E-state index contributed by atoms with van der Waals surface area (Å²) in [5.41, 5.74) is 9.60. The van der Waals surface area contributed by atoms with Crippen molar-refractivity contribution in [2.45, 2.75) is 104 Å². The molecule has 1 saturated carbocycles. The Labute approximate surface area is 191 Å². The second-order valence-electron chi connectivity index (χ2n) is 11.3. The average molecular weight is 415 g/mol. The highest BCUT2D eigenvalue weighted by molar-refractivity contribution is 5.81. The Bertz CT molecular complexity index is 894. The third kappa shape index (κ3) is 5.16. The van der Waals surface area contributed by atoms with E-state index in [2.05, 4.69) is 76.2 Å². The maximum Gasteiger partial charge on any atom is -0.00574 e. The summed E-state index contributed by atoms with van der Waals surface area (Å²) in [6.07, 6.45) is 17.9. The minimum absolute atomic E-state index is 0.204. The van der Waals surface area contributed by atoms with Gasteiger partial charge in [0.1, 0.15) is 0 Å². The van der Waals surface area contributed by atoms with Gasteiger partial charge in [-0.2, -0.15) is 0 Å². The van der Waals surface area contributed by atoms with Gasteiger partial charge in [-0.05, 0) is 64.3 Å².